The van der Waals surface area contributed by atoms with E-state index in [0.717, 1.165) is 8.95 Å². The standard InChI is InChI=1S/C9H7Br2ClO2/c1-2-14-9(13)5-3-6(10)8(11)7(12)4-5/h3-4H,2H2,1H3. The zero-order valence-corrected chi connectivity index (χ0v) is 11.2. The molecule has 0 heterocycles. The molecule has 0 unspecified atom stereocenters. The zero-order valence-electron chi connectivity index (χ0n) is 7.31. The summed E-state index contributed by atoms with van der Waals surface area (Å²) in [6.07, 6.45) is 0. The summed E-state index contributed by atoms with van der Waals surface area (Å²) < 4.78 is 6.30. The molecule has 1 rings (SSSR count). The fourth-order valence-electron chi connectivity index (χ4n) is 0.888. The van der Waals surface area contributed by atoms with Gasteiger partial charge in [-0.05, 0) is 50.9 Å². The topological polar surface area (TPSA) is 26.3 Å². The largest absolute Gasteiger partial charge is 0.462 e. The van der Waals surface area contributed by atoms with Crippen LogP contribution in [-0.4, -0.2) is 12.6 Å². The summed E-state index contributed by atoms with van der Waals surface area (Å²) in [5.74, 6) is -0.373. The SMILES string of the molecule is CCOC(=O)c1cc(Cl)c(Br)c(Br)c1. The minimum Gasteiger partial charge on any atom is -0.462 e. The van der Waals surface area contributed by atoms with E-state index < -0.39 is 0 Å². The van der Waals surface area contributed by atoms with Gasteiger partial charge in [0, 0.05) is 4.47 Å². The van der Waals surface area contributed by atoms with Gasteiger partial charge in [-0.15, -0.1) is 0 Å². The number of hydrogen-bond acceptors (Lipinski definition) is 2. The molecular formula is C9H7Br2ClO2. The van der Waals surface area contributed by atoms with Gasteiger partial charge >= 0.3 is 5.97 Å². The number of esters is 1. The average Bonchev–Trinajstić information content (AvgIpc) is 2.13. The Hall–Kier alpha value is -0.0600. The summed E-state index contributed by atoms with van der Waals surface area (Å²) in [6.45, 7) is 2.11. The van der Waals surface area contributed by atoms with Crippen LogP contribution in [0.4, 0.5) is 0 Å². The lowest BCUT2D eigenvalue weighted by atomic mass is 10.2. The molecular weight excluding hydrogens is 335 g/mol. The fraction of sp³-hybridized carbons (Fsp3) is 0.222. The molecule has 0 amide bonds. The second kappa shape index (κ2) is 5.14. The molecule has 76 valence electrons. The molecule has 5 heteroatoms. The Bertz CT molecular complexity index is 343. The van der Waals surface area contributed by atoms with Crippen LogP contribution >= 0.6 is 43.5 Å². The van der Waals surface area contributed by atoms with Crippen molar-refractivity contribution in [2.75, 3.05) is 6.61 Å². The number of ether oxygens (including phenoxy) is 1. The maximum atomic E-state index is 11.3. The van der Waals surface area contributed by atoms with E-state index in [4.69, 9.17) is 16.3 Å². The highest BCUT2D eigenvalue weighted by atomic mass is 79.9. The Labute approximate surface area is 104 Å². The van der Waals surface area contributed by atoms with Crippen LogP contribution in [0.5, 0.6) is 0 Å². The molecule has 2 nitrogen and oxygen atoms in total. The molecule has 0 N–H and O–H groups in total. The summed E-state index contributed by atoms with van der Waals surface area (Å²) in [6, 6.07) is 3.22. The number of halogens is 3. The van der Waals surface area contributed by atoms with Crippen LogP contribution in [0.25, 0.3) is 0 Å². The van der Waals surface area contributed by atoms with Crippen molar-refractivity contribution in [2.24, 2.45) is 0 Å². The lowest BCUT2D eigenvalue weighted by Crippen LogP contribution is -2.04. The number of carbonyl (C=O) groups is 1. The van der Waals surface area contributed by atoms with E-state index in [9.17, 15) is 4.79 Å². The third-order valence-electron chi connectivity index (χ3n) is 1.49. The van der Waals surface area contributed by atoms with Gasteiger partial charge in [0.2, 0.25) is 0 Å². The lowest BCUT2D eigenvalue weighted by Gasteiger charge is -2.04. The van der Waals surface area contributed by atoms with Gasteiger partial charge in [-0.3, -0.25) is 0 Å². The molecule has 0 saturated carbocycles. The fourth-order valence-corrected chi connectivity index (χ4v) is 1.91. The van der Waals surface area contributed by atoms with E-state index in [-0.39, 0.29) is 5.97 Å². The average molecular weight is 342 g/mol. The molecule has 0 radical (unpaired) electrons. The quantitative estimate of drug-likeness (QED) is 0.599. The van der Waals surface area contributed by atoms with Crippen LogP contribution in [0.3, 0.4) is 0 Å². The molecule has 0 bridgehead atoms. The molecule has 14 heavy (non-hydrogen) atoms. The van der Waals surface area contributed by atoms with Gasteiger partial charge < -0.3 is 4.74 Å². The Morgan fingerprint density at radius 2 is 2.14 bits per heavy atom. The molecule has 0 atom stereocenters. The predicted octanol–water partition coefficient (Wildman–Crippen LogP) is 4.04. The maximum absolute atomic E-state index is 11.3. The van der Waals surface area contributed by atoms with Gasteiger partial charge in [-0.1, -0.05) is 11.6 Å². The van der Waals surface area contributed by atoms with Crippen LogP contribution in [0.1, 0.15) is 17.3 Å². The van der Waals surface area contributed by atoms with Crippen LogP contribution in [-0.2, 0) is 4.74 Å². The van der Waals surface area contributed by atoms with Crippen LogP contribution in [0.2, 0.25) is 5.02 Å². The Morgan fingerprint density at radius 1 is 1.50 bits per heavy atom. The maximum Gasteiger partial charge on any atom is 0.338 e. The van der Waals surface area contributed by atoms with Crippen molar-refractivity contribution in [3.8, 4) is 0 Å². The van der Waals surface area contributed by atoms with Crippen molar-refractivity contribution < 1.29 is 9.53 Å². The molecule has 0 aliphatic carbocycles. The van der Waals surface area contributed by atoms with E-state index in [1.54, 1.807) is 19.1 Å². The third-order valence-corrected chi connectivity index (χ3v) is 4.03. The minimum atomic E-state index is -0.373. The summed E-state index contributed by atoms with van der Waals surface area (Å²) in [7, 11) is 0. The van der Waals surface area contributed by atoms with E-state index in [1.165, 1.54) is 0 Å². The summed E-state index contributed by atoms with van der Waals surface area (Å²) in [5.41, 5.74) is 0.437. The molecule has 1 aromatic carbocycles. The van der Waals surface area contributed by atoms with Gasteiger partial charge in [-0.25, -0.2) is 4.79 Å². The highest BCUT2D eigenvalue weighted by Crippen LogP contribution is 2.32. The minimum absolute atomic E-state index is 0.351. The molecule has 0 aliphatic heterocycles. The molecule has 1 aromatic rings. The number of carbonyl (C=O) groups excluding carboxylic acids is 1. The number of hydrogen-bond donors (Lipinski definition) is 0. The lowest BCUT2D eigenvalue weighted by molar-refractivity contribution is 0.0526. The first kappa shape index (κ1) is 12.0. The first-order valence-corrected chi connectivity index (χ1v) is 5.84. The van der Waals surface area contributed by atoms with E-state index in [2.05, 4.69) is 31.9 Å². The van der Waals surface area contributed by atoms with E-state index >= 15 is 0 Å². The first-order chi connectivity index (χ1) is 6.56. The second-order valence-electron chi connectivity index (χ2n) is 2.47. The smallest absolute Gasteiger partial charge is 0.338 e. The van der Waals surface area contributed by atoms with Crippen molar-refractivity contribution >= 4 is 49.4 Å². The highest BCUT2D eigenvalue weighted by Gasteiger charge is 2.11. The Balaban J connectivity index is 3.06. The predicted molar refractivity (Wildman–Crippen MR) is 62.8 cm³/mol. The second-order valence-corrected chi connectivity index (χ2v) is 4.53. The van der Waals surface area contributed by atoms with E-state index in [0.29, 0.717) is 17.2 Å². The zero-order chi connectivity index (χ0) is 10.7. The van der Waals surface area contributed by atoms with Crippen molar-refractivity contribution in [1.29, 1.82) is 0 Å². The van der Waals surface area contributed by atoms with Gasteiger partial charge in [0.15, 0.2) is 0 Å². The van der Waals surface area contributed by atoms with Crippen LogP contribution in [0, 0.1) is 0 Å². The summed E-state index contributed by atoms with van der Waals surface area (Å²) >= 11 is 12.4. The first-order valence-electron chi connectivity index (χ1n) is 3.88. The van der Waals surface area contributed by atoms with Crippen molar-refractivity contribution in [1.82, 2.24) is 0 Å². The van der Waals surface area contributed by atoms with Gasteiger partial charge in [0.05, 0.1) is 21.7 Å². The van der Waals surface area contributed by atoms with Gasteiger partial charge in [0.1, 0.15) is 0 Å². The molecule has 0 spiro atoms. The Morgan fingerprint density at radius 3 is 2.64 bits per heavy atom. The van der Waals surface area contributed by atoms with Crippen molar-refractivity contribution in [2.45, 2.75) is 6.92 Å². The number of benzene rings is 1. The molecule has 0 saturated heterocycles. The molecule has 0 fully saturated rings. The molecule has 0 aromatic heterocycles. The van der Waals surface area contributed by atoms with Gasteiger partial charge in [0.25, 0.3) is 0 Å². The number of rotatable bonds is 2. The van der Waals surface area contributed by atoms with E-state index in [1.807, 2.05) is 0 Å². The van der Waals surface area contributed by atoms with Crippen LogP contribution in [0.15, 0.2) is 21.1 Å². The highest BCUT2D eigenvalue weighted by molar-refractivity contribution is 9.13. The normalized spacial score (nSPS) is 10.0. The summed E-state index contributed by atoms with van der Waals surface area (Å²) in [4.78, 5) is 11.3. The molecule has 0 aliphatic rings. The Kier molecular flexibility index (Phi) is 4.41. The third kappa shape index (κ3) is 2.72. The van der Waals surface area contributed by atoms with Crippen molar-refractivity contribution in [3.63, 3.8) is 0 Å². The van der Waals surface area contributed by atoms with Gasteiger partial charge in [-0.2, -0.15) is 0 Å². The van der Waals surface area contributed by atoms with Crippen LogP contribution < -0.4 is 0 Å². The monoisotopic (exact) mass is 340 g/mol. The summed E-state index contributed by atoms with van der Waals surface area (Å²) in [5, 5.41) is 0.474. The van der Waals surface area contributed by atoms with Crippen molar-refractivity contribution in [3.05, 3.63) is 31.7 Å².